The molecular formula is C22H26N2O. The Morgan fingerprint density at radius 2 is 1.52 bits per heavy atom. The van der Waals surface area contributed by atoms with Gasteiger partial charge < -0.3 is 5.32 Å². The van der Waals surface area contributed by atoms with Crippen LogP contribution in [0.4, 0.5) is 0 Å². The fourth-order valence-corrected chi connectivity index (χ4v) is 4.34. The van der Waals surface area contributed by atoms with Crippen LogP contribution in [0.3, 0.4) is 0 Å². The maximum Gasteiger partial charge on any atom is 0.230 e. The van der Waals surface area contributed by atoms with Crippen LogP contribution in [0.15, 0.2) is 54.6 Å². The van der Waals surface area contributed by atoms with Crippen LogP contribution in [0.5, 0.6) is 0 Å². The largest absolute Gasteiger partial charge is 0.346 e. The zero-order valence-corrected chi connectivity index (χ0v) is 15.1. The van der Waals surface area contributed by atoms with Crippen LogP contribution < -0.4 is 5.32 Å². The second-order valence-electron chi connectivity index (χ2n) is 7.97. The molecular weight excluding hydrogens is 308 g/mol. The summed E-state index contributed by atoms with van der Waals surface area (Å²) < 4.78 is 0. The van der Waals surface area contributed by atoms with Gasteiger partial charge >= 0.3 is 0 Å². The Labute approximate surface area is 150 Å². The minimum absolute atomic E-state index is 0.155. The third-order valence-electron chi connectivity index (χ3n) is 6.00. The standard InChI is InChI=1S/C22H26N2O/c1-21(2)18-10-6-7-11-19(18)22(23-20(21)25)12-14-24(15-13-22)16-17-8-4-3-5-9-17/h3-11H,12-16H2,1-2H3,(H,23,25). The predicted molar refractivity (Wildman–Crippen MR) is 100 cm³/mol. The molecule has 0 atom stereocenters. The molecule has 1 saturated heterocycles. The van der Waals surface area contributed by atoms with Gasteiger partial charge in [-0.05, 0) is 43.4 Å². The highest BCUT2D eigenvalue weighted by molar-refractivity contribution is 5.90. The molecule has 25 heavy (non-hydrogen) atoms. The van der Waals surface area contributed by atoms with E-state index < -0.39 is 5.41 Å². The third kappa shape index (κ3) is 2.77. The molecule has 0 radical (unpaired) electrons. The number of benzene rings is 2. The van der Waals surface area contributed by atoms with Gasteiger partial charge in [0.1, 0.15) is 0 Å². The first kappa shape index (κ1) is 16.3. The van der Waals surface area contributed by atoms with Gasteiger partial charge in [0.25, 0.3) is 0 Å². The lowest BCUT2D eigenvalue weighted by Gasteiger charge is -2.49. The van der Waals surface area contributed by atoms with E-state index in [-0.39, 0.29) is 11.4 Å². The lowest BCUT2D eigenvalue weighted by Crippen LogP contribution is -2.60. The number of likely N-dealkylation sites (tertiary alicyclic amines) is 1. The predicted octanol–water partition coefficient (Wildman–Crippen LogP) is 3.59. The van der Waals surface area contributed by atoms with Crippen LogP contribution in [-0.2, 0) is 22.3 Å². The molecule has 1 fully saturated rings. The molecule has 2 aliphatic heterocycles. The highest BCUT2D eigenvalue weighted by Gasteiger charge is 2.48. The van der Waals surface area contributed by atoms with Crippen molar-refractivity contribution >= 4 is 5.91 Å². The van der Waals surface area contributed by atoms with Crippen LogP contribution in [0.2, 0.25) is 0 Å². The fourth-order valence-electron chi connectivity index (χ4n) is 4.34. The number of hydrogen-bond donors (Lipinski definition) is 1. The number of carbonyl (C=O) groups is 1. The molecule has 0 aliphatic carbocycles. The molecule has 3 heteroatoms. The highest BCUT2D eigenvalue weighted by atomic mass is 16.2. The minimum atomic E-state index is -0.455. The SMILES string of the molecule is CC1(C)C(=O)NC2(CCN(Cc3ccccc3)CC2)c2ccccc21. The normalized spacial score (nSPS) is 21.6. The number of nitrogens with zero attached hydrogens (tertiary/aromatic N) is 1. The number of amides is 1. The number of piperidine rings is 1. The second kappa shape index (κ2) is 5.99. The average molecular weight is 334 g/mol. The van der Waals surface area contributed by atoms with E-state index in [1.54, 1.807) is 0 Å². The van der Waals surface area contributed by atoms with Gasteiger partial charge in [0.2, 0.25) is 5.91 Å². The minimum Gasteiger partial charge on any atom is -0.346 e. The quantitative estimate of drug-likeness (QED) is 0.910. The zero-order valence-electron chi connectivity index (χ0n) is 15.1. The summed E-state index contributed by atoms with van der Waals surface area (Å²) in [5.41, 5.74) is 3.21. The van der Waals surface area contributed by atoms with Gasteiger partial charge in [-0.3, -0.25) is 9.69 Å². The Morgan fingerprint density at radius 1 is 0.920 bits per heavy atom. The van der Waals surface area contributed by atoms with Crippen LogP contribution in [0.1, 0.15) is 43.4 Å². The Kier molecular flexibility index (Phi) is 3.92. The first-order valence-corrected chi connectivity index (χ1v) is 9.20. The summed E-state index contributed by atoms with van der Waals surface area (Å²) >= 11 is 0. The molecule has 0 saturated carbocycles. The topological polar surface area (TPSA) is 32.3 Å². The monoisotopic (exact) mass is 334 g/mol. The van der Waals surface area contributed by atoms with E-state index in [0.717, 1.165) is 32.5 Å². The van der Waals surface area contributed by atoms with Crippen LogP contribution in [0.25, 0.3) is 0 Å². The van der Waals surface area contributed by atoms with Crippen molar-refractivity contribution in [3.05, 3.63) is 71.3 Å². The van der Waals surface area contributed by atoms with Crippen LogP contribution in [0, 0.1) is 0 Å². The number of rotatable bonds is 2. The fraction of sp³-hybridized carbons (Fsp3) is 0.409. The summed E-state index contributed by atoms with van der Waals surface area (Å²) in [7, 11) is 0. The van der Waals surface area contributed by atoms with E-state index in [1.165, 1.54) is 16.7 Å². The lowest BCUT2D eigenvalue weighted by atomic mass is 9.68. The van der Waals surface area contributed by atoms with Crippen molar-refractivity contribution in [2.24, 2.45) is 0 Å². The molecule has 1 N–H and O–H groups in total. The molecule has 2 aromatic carbocycles. The molecule has 0 aromatic heterocycles. The van der Waals surface area contributed by atoms with Crippen molar-refractivity contribution < 1.29 is 4.79 Å². The van der Waals surface area contributed by atoms with Gasteiger partial charge in [-0.1, -0.05) is 54.6 Å². The number of carbonyl (C=O) groups excluding carboxylic acids is 1. The first-order chi connectivity index (χ1) is 12.0. The van der Waals surface area contributed by atoms with Crippen LogP contribution >= 0.6 is 0 Å². The van der Waals surface area contributed by atoms with Crippen LogP contribution in [-0.4, -0.2) is 23.9 Å². The van der Waals surface area contributed by atoms with Gasteiger partial charge in [0.15, 0.2) is 0 Å². The maximum atomic E-state index is 12.8. The maximum absolute atomic E-state index is 12.8. The third-order valence-corrected chi connectivity index (χ3v) is 6.00. The second-order valence-corrected chi connectivity index (χ2v) is 7.97. The molecule has 2 heterocycles. The molecule has 2 aromatic rings. The highest BCUT2D eigenvalue weighted by Crippen LogP contribution is 2.43. The van der Waals surface area contributed by atoms with E-state index in [9.17, 15) is 4.79 Å². The number of hydrogen-bond acceptors (Lipinski definition) is 2. The van der Waals surface area contributed by atoms with Crippen molar-refractivity contribution in [2.75, 3.05) is 13.1 Å². The van der Waals surface area contributed by atoms with Gasteiger partial charge in [0, 0.05) is 19.6 Å². The molecule has 0 unspecified atom stereocenters. The van der Waals surface area contributed by atoms with Gasteiger partial charge in [0.05, 0.1) is 11.0 Å². The van der Waals surface area contributed by atoms with Crippen molar-refractivity contribution in [3.8, 4) is 0 Å². The summed E-state index contributed by atoms with van der Waals surface area (Å²) in [6, 6.07) is 19.1. The molecule has 4 rings (SSSR count). The van der Waals surface area contributed by atoms with E-state index in [1.807, 2.05) is 13.8 Å². The molecule has 2 aliphatic rings. The Balaban J connectivity index is 1.57. The van der Waals surface area contributed by atoms with Gasteiger partial charge in [-0.15, -0.1) is 0 Å². The first-order valence-electron chi connectivity index (χ1n) is 9.20. The molecule has 1 spiro atoms. The summed E-state index contributed by atoms with van der Waals surface area (Å²) in [5.74, 6) is 0.155. The van der Waals surface area contributed by atoms with E-state index in [0.29, 0.717) is 0 Å². The molecule has 0 bridgehead atoms. The summed E-state index contributed by atoms with van der Waals surface area (Å²) in [6.07, 6.45) is 1.94. The van der Waals surface area contributed by atoms with Gasteiger partial charge in [-0.25, -0.2) is 0 Å². The Morgan fingerprint density at radius 3 is 2.20 bits per heavy atom. The van der Waals surface area contributed by atoms with Crippen molar-refractivity contribution in [1.82, 2.24) is 10.2 Å². The summed E-state index contributed by atoms with van der Waals surface area (Å²) in [4.78, 5) is 15.3. The average Bonchev–Trinajstić information content (AvgIpc) is 2.63. The molecule has 1 amide bonds. The Bertz CT molecular complexity index is 774. The lowest BCUT2D eigenvalue weighted by molar-refractivity contribution is -0.129. The van der Waals surface area contributed by atoms with Gasteiger partial charge in [-0.2, -0.15) is 0 Å². The number of nitrogens with one attached hydrogen (secondary N) is 1. The molecule has 3 nitrogen and oxygen atoms in total. The zero-order chi connectivity index (χ0) is 17.5. The van der Waals surface area contributed by atoms with Crippen molar-refractivity contribution in [3.63, 3.8) is 0 Å². The smallest absolute Gasteiger partial charge is 0.230 e. The van der Waals surface area contributed by atoms with E-state index >= 15 is 0 Å². The molecule has 130 valence electrons. The van der Waals surface area contributed by atoms with Crippen molar-refractivity contribution in [1.29, 1.82) is 0 Å². The summed E-state index contributed by atoms with van der Waals surface area (Å²) in [6.45, 7) is 7.04. The Hall–Kier alpha value is -2.13. The van der Waals surface area contributed by atoms with Crippen molar-refractivity contribution in [2.45, 2.75) is 44.2 Å². The van der Waals surface area contributed by atoms with E-state index in [2.05, 4.69) is 64.8 Å². The summed E-state index contributed by atoms with van der Waals surface area (Å²) in [5, 5.41) is 3.40. The van der Waals surface area contributed by atoms with E-state index in [4.69, 9.17) is 0 Å². The number of fused-ring (bicyclic) bond motifs is 2.